The summed E-state index contributed by atoms with van der Waals surface area (Å²) < 4.78 is 50.4. The summed E-state index contributed by atoms with van der Waals surface area (Å²) in [6.45, 7) is 6.38. The van der Waals surface area contributed by atoms with Crippen molar-refractivity contribution in [3.63, 3.8) is 0 Å². The Labute approximate surface area is 163 Å². The number of rotatable bonds is 4. The second-order valence-electron chi connectivity index (χ2n) is 6.93. The summed E-state index contributed by atoms with van der Waals surface area (Å²) in [5.41, 5.74) is 0. The predicted octanol–water partition coefficient (Wildman–Crippen LogP) is 2.36. The number of piperazine rings is 1. The van der Waals surface area contributed by atoms with Gasteiger partial charge < -0.3 is 19.7 Å². The zero-order valence-electron chi connectivity index (χ0n) is 16.2. The number of halogens is 3. The molecule has 0 radical (unpaired) electrons. The molecule has 1 N–H and O–H groups in total. The van der Waals surface area contributed by atoms with Gasteiger partial charge in [0.05, 0.1) is 6.54 Å². The van der Waals surface area contributed by atoms with E-state index in [1.54, 1.807) is 0 Å². The van der Waals surface area contributed by atoms with Gasteiger partial charge in [-0.15, -0.1) is 0 Å². The molecule has 1 fully saturated rings. The third kappa shape index (κ3) is 5.01. The van der Waals surface area contributed by atoms with Crippen molar-refractivity contribution < 1.29 is 22.6 Å². The minimum Gasteiger partial charge on any atom is -0.486 e. The van der Waals surface area contributed by atoms with Crippen LogP contribution in [0, 0.1) is 0 Å². The van der Waals surface area contributed by atoms with Crippen LogP contribution >= 0.6 is 0 Å². The van der Waals surface area contributed by atoms with Crippen LogP contribution in [0.1, 0.15) is 13.8 Å². The number of aliphatic imine (C=N–C) groups is 1. The maximum atomic E-state index is 12.9. The zero-order valence-corrected chi connectivity index (χ0v) is 16.2. The van der Waals surface area contributed by atoms with Crippen LogP contribution in [-0.4, -0.2) is 80.0 Å². The first-order chi connectivity index (χ1) is 13.4. The quantitative estimate of drug-likeness (QED) is 0.621. The van der Waals surface area contributed by atoms with Crippen molar-refractivity contribution in [2.45, 2.75) is 32.2 Å². The summed E-state index contributed by atoms with van der Waals surface area (Å²) in [4.78, 5) is 8.11. The van der Waals surface area contributed by atoms with E-state index in [1.807, 2.05) is 36.1 Å². The normalized spacial score (nSPS) is 22.1. The summed E-state index contributed by atoms with van der Waals surface area (Å²) in [6.07, 6.45) is -4.40. The van der Waals surface area contributed by atoms with Crippen molar-refractivity contribution in [2.75, 3.05) is 45.9 Å². The fourth-order valence-corrected chi connectivity index (χ4v) is 3.30. The van der Waals surface area contributed by atoms with E-state index < -0.39 is 12.2 Å². The topological polar surface area (TPSA) is 49.3 Å². The van der Waals surface area contributed by atoms with Crippen LogP contribution in [0.5, 0.6) is 11.5 Å². The molecule has 9 heteroatoms. The number of para-hydroxylation sites is 2. The van der Waals surface area contributed by atoms with Crippen LogP contribution in [0.3, 0.4) is 0 Å². The maximum absolute atomic E-state index is 12.9. The highest BCUT2D eigenvalue weighted by Crippen LogP contribution is 2.31. The Balaban J connectivity index is 1.57. The molecule has 1 aromatic carbocycles. The van der Waals surface area contributed by atoms with Gasteiger partial charge in [0.15, 0.2) is 23.6 Å². The van der Waals surface area contributed by atoms with E-state index in [4.69, 9.17) is 9.47 Å². The van der Waals surface area contributed by atoms with Gasteiger partial charge in [-0.2, -0.15) is 13.2 Å². The SMILES string of the molecule is CCNC(=NCC1COc2ccccc2O1)N1CCN(C(C)C(F)(F)F)CC1. The van der Waals surface area contributed by atoms with E-state index in [-0.39, 0.29) is 6.10 Å². The van der Waals surface area contributed by atoms with Gasteiger partial charge in [0, 0.05) is 32.7 Å². The minimum absolute atomic E-state index is 0.199. The maximum Gasteiger partial charge on any atom is 0.403 e. The van der Waals surface area contributed by atoms with Crippen molar-refractivity contribution in [2.24, 2.45) is 4.99 Å². The molecule has 3 rings (SSSR count). The van der Waals surface area contributed by atoms with Crippen LogP contribution < -0.4 is 14.8 Å². The zero-order chi connectivity index (χ0) is 20.1. The second kappa shape index (κ2) is 8.89. The van der Waals surface area contributed by atoms with E-state index in [0.717, 1.165) is 5.75 Å². The summed E-state index contributed by atoms with van der Waals surface area (Å²) >= 11 is 0. The summed E-state index contributed by atoms with van der Waals surface area (Å²) in [5.74, 6) is 2.13. The lowest BCUT2D eigenvalue weighted by Crippen LogP contribution is -2.56. The van der Waals surface area contributed by atoms with E-state index >= 15 is 0 Å². The van der Waals surface area contributed by atoms with E-state index in [2.05, 4.69) is 10.3 Å². The lowest BCUT2D eigenvalue weighted by Gasteiger charge is -2.39. The number of alkyl halides is 3. The molecular formula is C19H27F3N4O2. The highest BCUT2D eigenvalue weighted by molar-refractivity contribution is 5.80. The highest BCUT2D eigenvalue weighted by atomic mass is 19.4. The Bertz CT molecular complexity index is 675. The minimum atomic E-state index is -4.20. The van der Waals surface area contributed by atoms with E-state index in [9.17, 15) is 13.2 Å². The predicted molar refractivity (Wildman–Crippen MR) is 101 cm³/mol. The summed E-state index contributed by atoms with van der Waals surface area (Å²) in [6, 6.07) is 6.07. The molecule has 1 aromatic rings. The molecule has 156 valence electrons. The van der Waals surface area contributed by atoms with Crippen LogP contribution in [0.2, 0.25) is 0 Å². The van der Waals surface area contributed by atoms with Crippen molar-refractivity contribution in [1.82, 2.24) is 15.1 Å². The Kier molecular flexibility index (Phi) is 6.53. The van der Waals surface area contributed by atoms with E-state index in [1.165, 1.54) is 11.8 Å². The molecular weight excluding hydrogens is 373 g/mol. The second-order valence-corrected chi connectivity index (χ2v) is 6.93. The highest BCUT2D eigenvalue weighted by Gasteiger charge is 2.41. The number of nitrogens with zero attached hydrogens (tertiary/aromatic N) is 3. The van der Waals surface area contributed by atoms with Crippen LogP contribution in [-0.2, 0) is 0 Å². The number of nitrogens with one attached hydrogen (secondary N) is 1. The van der Waals surface area contributed by atoms with Gasteiger partial charge in [-0.3, -0.25) is 4.90 Å². The average molecular weight is 400 g/mol. The number of benzene rings is 1. The lowest BCUT2D eigenvalue weighted by molar-refractivity contribution is -0.181. The number of hydrogen-bond donors (Lipinski definition) is 1. The number of fused-ring (bicyclic) bond motifs is 1. The molecule has 0 saturated carbocycles. The number of guanidine groups is 1. The molecule has 2 unspecified atom stereocenters. The Morgan fingerprint density at radius 3 is 2.54 bits per heavy atom. The molecule has 0 aromatic heterocycles. The first-order valence-electron chi connectivity index (χ1n) is 9.61. The molecule has 0 spiro atoms. The first-order valence-corrected chi connectivity index (χ1v) is 9.61. The number of ether oxygens (including phenoxy) is 2. The molecule has 2 aliphatic heterocycles. The molecule has 2 heterocycles. The Hall–Kier alpha value is -2.16. The van der Waals surface area contributed by atoms with Crippen LogP contribution in [0.15, 0.2) is 29.3 Å². The molecule has 0 amide bonds. The summed E-state index contributed by atoms with van der Waals surface area (Å²) in [5, 5.41) is 3.22. The third-order valence-corrected chi connectivity index (χ3v) is 4.98. The fraction of sp³-hybridized carbons (Fsp3) is 0.632. The average Bonchev–Trinajstić information content (AvgIpc) is 2.70. The van der Waals surface area contributed by atoms with Gasteiger partial charge in [0.25, 0.3) is 0 Å². The first kappa shape index (κ1) is 20.6. The van der Waals surface area contributed by atoms with Gasteiger partial charge in [0.2, 0.25) is 0 Å². The molecule has 0 aliphatic carbocycles. The van der Waals surface area contributed by atoms with Gasteiger partial charge in [-0.25, -0.2) is 4.99 Å². The van der Waals surface area contributed by atoms with Gasteiger partial charge in [-0.1, -0.05) is 12.1 Å². The van der Waals surface area contributed by atoms with Gasteiger partial charge >= 0.3 is 6.18 Å². The van der Waals surface area contributed by atoms with Crippen LogP contribution in [0.25, 0.3) is 0 Å². The molecule has 0 bridgehead atoms. The number of hydrogen-bond acceptors (Lipinski definition) is 4. The Morgan fingerprint density at radius 1 is 1.21 bits per heavy atom. The molecule has 2 atom stereocenters. The molecule has 28 heavy (non-hydrogen) atoms. The molecule has 1 saturated heterocycles. The largest absolute Gasteiger partial charge is 0.486 e. The third-order valence-electron chi connectivity index (χ3n) is 4.98. The van der Waals surface area contributed by atoms with Gasteiger partial charge in [-0.05, 0) is 26.0 Å². The lowest BCUT2D eigenvalue weighted by atomic mass is 10.2. The molecule has 6 nitrogen and oxygen atoms in total. The van der Waals surface area contributed by atoms with Crippen LogP contribution in [0.4, 0.5) is 13.2 Å². The standard InChI is InChI=1S/C19H27F3N4O2/c1-3-23-18(26-10-8-25(9-11-26)14(2)19(20,21)22)24-12-15-13-27-16-6-4-5-7-17(16)28-15/h4-7,14-15H,3,8-13H2,1-2H3,(H,23,24). The Morgan fingerprint density at radius 2 is 1.89 bits per heavy atom. The van der Waals surface area contributed by atoms with Gasteiger partial charge in [0.1, 0.15) is 12.6 Å². The van der Waals surface area contributed by atoms with Crippen molar-refractivity contribution >= 4 is 5.96 Å². The van der Waals surface area contributed by atoms with Crippen molar-refractivity contribution in [3.8, 4) is 11.5 Å². The molecule has 2 aliphatic rings. The van der Waals surface area contributed by atoms with Crippen molar-refractivity contribution in [3.05, 3.63) is 24.3 Å². The van der Waals surface area contributed by atoms with E-state index in [0.29, 0.717) is 57.6 Å². The van der Waals surface area contributed by atoms with Crippen molar-refractivity contribution in [1.29, 1.82) is 0 Å². The monoisotopic (exact) mass is 400 g/mol. The summed E-state index contributed by atoms with van der Waals surface area (Å²) in [7, 11) is 0. The smallest absolute Gasteiger partial charge is 0.403 e. The fourth-order valence-electron chi connectivity index (χ4n) is 3.30.